The lowest BCUT2D eigenvalue weighted by Gasteiger charge is -2.27. The molecule has 0 saturated heterocycles. The molecule has 6 N–H and O–H groups in total. The molecule has 1 amide bonds. The van der Waals surface area contributed by atoms with Gasteiger partial charge in [0.2, 0.25) is 5.91 Å². The van der Waals surface area contributed by atoms with Gasteiger partial charge in [-0.3, -0.25) is 4.79 Å². The zero-order chi connectivity index (χ0) is 19.7. The van der Waals surface area contributed by atoms with Crippen molar-refractivity contribution in [1.82, 2.24) is 10.6 Å². The molecule has 148 valence electrons. The zero-order valence-electron chi connectivity index (χ0n) is 16.5. The third kappa shape index (κ3) is 9.77. The van der Waals surface area contributed by atoms with Gasteiger partial charge in [-0.2, -0.15) is 0 Å². The number of hydrogen-bond acceptors (Lipinski definition) is 5. The van der Waals surface area contributed by atoms with Gasteiger partial charge in [-0.05, 0) is 30.6 Å². The molecule has 0 rings (SSSR count). The molecule has 0 aliphatic carbocycles. The highest BCUT2D eigenvalue weighted by atomic mass is 16.4. The van der Waals surface area contributed by atoms with Crippen LogP contribution in [0.15, 0.2) is 0 Å². The average Bonchev–Trinajstić information content (AvgIpc) is 2.46. The molecule has 2 unspecified atom stereocenters. The van der Waals surface area contributed by atoms with E-state index in [1.165, 1.54) is 0 Å². The van der Waals surface area contributed by atoms with Gasteiger partial charge < -0.3 is 26.6 Å². The highest BCUT2D eigenvalue weighted by Crippen LogP contribution is 2.09. The number of aliphatic hydroxyl groups is 1. The van der Waals surface area contributed by atoms with Gasteiger partial charge in [0.05, 0.1) is 12.1 Å². The van der Waals surface area contributed by atoms with Gasteiger partial charge in [0.15, 0.2) is 0 Å². The standard InChI is InChI=1S/C18H37N3O4/c1-10(2)7-13(19)15(22)9-20-14(8-11(3)4)17(23)21-16(12(5)6)18(24)25/h10-16,20,22H,7-9,19H2,1-6H3,(H,21,23)(H,24,25)/t13?,14-,15?,16-/m0/s1. The van der Waals surface area contributed by atoms with Crippen LogP contribution in [0.1, 0.15) is 54.4 Å². The largest absolute Gasteiger partial charge is 0.480 e. The van der Waals surface area contributed by atoms with E-state index < -0.39 is 24.2 Å². The van der Waals surface area contributed by atoms with Crippen molar-refractivity contribution in [3.05, 3.63) is 0 Å². The quantitative estimate of drug-likeness (QED) is 0.353. The fourth-order valence-corrected chi connectivity index (χ4v) is 2.64. The molecule has 0 fully saturated rings. The summed E-state index contributed by atoms with van der Waals surface area (Å²) >= 11 is 0. The van der Waals surface area contributed by atoms with Crippen molar-refractivity contribution in [3.8, 4) is 0 Å². The molecular weight excluding hydrogens is 322 g/mol. The summed E-state index contributed by atoms with van der Waals surface area (Å²) in [7, 11) is 0. The number of aliphatic hydroxyl groups excluding tert-OH is 1. The maximum absolute atomic E-state index is 12.5. The molecule has 0 aromatic carbocycles. The number of nitrogens with one attached hydrogen (secondary N) is 2. The number of aliphatic carboxylic acids is 1. The van der Waals surface area contributed by atoms with Crippen LogP contribution in [0.5, 0.6) is 0 Å². The summed E-state index contributed by atoms with van der Waals surface area (Å²) in [6, 6.07) is -1.86. The first-order valence-corrected chi connectivity index (χ1v) is 9.15. The number of rotatable bonds is 12. The lowest BCUT2D eigenvalue weighted by molar-refractivity contribution is -0.143. The Balaban J connectivity index is 4.83. The van der Waals surface area contributed by atoms with Crippen LogP contribution in [0.2, 0.25) is 0 Å². The normalized spacial score (nSPS) is 16.8. The minimum Gasteiger partial charge on any atom is -0.480 e. The minimum atomic E-state index is -1.05. The molecule has 0 bridgehead atoms. The average molecular weight is 360 g/mol. The van der Waals surface area contributed by atoms with E-state index in [-0.39, 0.29) is 30.3 Å². The predicted octanol–water partition coefficient (Wildman–Crippen LogP) is 0.950. The van der Waals surface area contributed by atoms with E-state index in [1.54, 1.807) is 13.8 Å². The number of hydrogen-bond donors (Lipinski definition) is 5. The molecule has 0 aliphatic rings. The Morgan fingerprint density at radius 2 is 1.52 bits per heavy atom. The summed E-state index contributed by atoms with van der Waals surface area (Å²) in [5.74, 6) is -1.01. The van der Waals surface area contributed by atoms with Crippen molar-refractivity contribution in [2.75, 3.05) is 6.54 Å². The van der Waals surface area contributed by atoms with E-state index in [1.807, 2.05) is 27.7 Å². The molecule has 7 nitrogen and oxygen atoms in total. The molecule has 25 heavy (non-hydrogen) atoms. The Morgan fingerprint density at radius 3 is 1.92 bits per heavy atom. The van der Waals surface area contributed by atoms with Crippen molar-refractivity contribution < 1.29 is 19.8 Å². The van der Waals surface area contributed by atoms with Crippen LogP contribution in [0, 0.1) is 17.8 Å². The molecule has 0 radical (unpaired) electrons. The van der Waals surface area contributed by atoms with Crippen LogP contribution in [-0.2, 0) is 9.59 Å². The maximum Gasteiger partial charge on any atom is 0.326 e. The second kappa shape index (κ2) is 11.4. The Bertz CT molecular complexity index is 413. The van der Waals surface area contributed by atoms with Gasteiger partial charge in [-0.15, -0.1) is 0 Å². The summed E-state index contributed by atoms with van der Waals surface area (Å²) in [5, 5.41) is 25.1. The monoisotopic (exact) mass is 359 g/mol. The number of carboxylic acids is 1. The lowest BCUT2D eigenvalue weighted by Crippen LogP contribution is -2.54. The number of nitrogens with two attached hydrogens (primary N) is 1. The fraction of sp³-hybridized carbons (Fsp3) is 0.889. The Kier molecular flexibility index (Phi) is 10.9. The van der Waals surface area contributed by atoms with Crippen molar-refractivity contribution >= 4 is 11.9 Å². The van der Waals surface area contributed by atoms with Gasteiger partial charge in [0.25, 0.3) is 0 Å². The van der Waals surface area contributed by atoms with Gasteiger partial charge in [0, 0.05) is 12.6 Å². The highest BCUT2D eigenvalue weighted by molar-refractivity contribution is 5.87. The number of carboxylic acid groups (broad SMARTS) is 1. The van der Waals surface area contributed by atoms with Crippen molar-refractivity contribution in [3.63, 3.8) is 0 Å². The first-order chi connectivity index (χ1) is 11.5. The minimum absolute atomic E-state index is 0.193. The molecule has 0 aromatic heterocycles. The summed E-state index contributed by atoms with van der Waals surface area (Å²) in [4.78, 5) is 23.8. The topological polar surface area (TPSA) is 125 Å². The number of carbonyl (C=O) groups excluding carboxylic acids is 1. The predicted molar refractivity (Wildman–Crippen MR) is 99.1 cm³/mol. The molecular formula is C18H37N3O4. The Hall–Kier alpha value is -1.18. The second-order valence-corrected chi connectivity index (χ2v) is 8.02. The maximum atomic E-state index is 12.5. The van der Waals surface area contributed by atoms with E-state index in [2.05, 4.69) is 10.6 Å². The third-order valence-electron chi connectivity index (χ3n) is 4.07. The molecule has 0 aromatic rings. The van der Waals surface area contributed by atoms with Gasteiger partial charge in [0.1, 0.15) is 6.04 Å². The van der Waals surface area contributed by atoms with Crippen molar-refractivity contribution in [2.45, 2.75) is 78.6 Å². The molecule has 0 spiro atoms. The number of amides is 1. The highest BCUT2D eigenvalue weighted by Gasteiger charge is 2.28. The third-order valence-corrected chi connectivity index (χ3v) is 4.07. The molecule has 7 heteroatoms. The Labute approximate surface area is 151 Å². The van der Waals surface area contributed by atoms with E-state index >= 15 is 0 Å². The molecule has 0 heterocycles. The summed E-state index contributed by atoms with van der Waals surface area (Å²) in [5.41, 5.74) is 5.97. The van der Waals surface area contributed by atoms with Crippen LogP contribution >= 0.6 is 0 Å². The van der Waals surface area contributed by atoms with E-state index in [9.17, 15) is 19.8 Å². The SMILES string of the molecule is CC(C)CC(N)C(O)CN[C@@H](CC(C)C)C(=O)N[C@H](C(=O)O)C(C)C. The van der Waals surface area contributed by atoms with Crippen LogP contribution in [0.25, 0.3) is 0 Å². The molecule has 4 atom stereocenters. The molecule has 0 aliphatic heterocycles. The first-order valence-electron chi connectivity index (χ1n) is 9.15. The lowest BCUT2D eigenvalue weighted by atomic mass is 9.98. The summed E-state index contributed by atoms with van der Waals surface area (Å²) in [6.45, 7) is 11.7. The smallest absolute Gasteiger partial charge is 0.326 e. The van der Waals surface area contributed by atoms with E-state index in [4.69, 9.17) is 5.73 Å². The second-order valence-electron chi connectivity index (χ2n) is 8.02. The van der Waals surface area contributed by atoms with Crippen LogP contribution < -0.4 is 16.4 Å². The van der Waals surface area contributed by atoms with Crippen molar-refractivity contribution in [1.29, 1.82) is 0 Å². The van der Waals surface area contributed by atoms with Crippen LogP contribution in [0.4, 0.5) is 0 Å². The zero-order valence-corrected chi connectivity index (χ0v) is 16.5. The van der Waals surface area contributed by atoms with E-state index in [0.29, 0.717) is 18.8 Å². The van der Waals surface area contributed by atoms with Gasteiger partial charge in [-0.1, -0.05) is 41.5 Å². The van der Waals surface area contributed by atoms with Crippen LogP contribution in [0.3, 0.4) is 0 Å². The summed E-state index contributed by atoms with van der Waals surface area (Å²) < 4.78 is 0. The Morgan fingerprint density at radius 1 is 1.00 bits per heavy atom. The van der Waals surface area contributed by atoms with Crippen LogP contribution in [-0.4, -0.2) is 52.9 Å². The summed E-state index contributed by atoms with van der Waals surface area (Å²) in [6.07, 6.45) is 0.478. The molecule has 0 saturated carbocycles. The van der Waals surface area contributed by atoms with E-state index in [0.717, 1.165) is 0 Å². The van der Waals surface area contributed by atoms with Crippen molar-refractivity contribution in [2.24, 2.45) is 23.5 Å². The number of carbonyl (C=O) groups is 2. The van der Waals surface area contributed by atoms with Gasteiger partial charge >= 0.3 is 5.97 Å². The van der Waals surface area contributed by atoms with Gasteiger partial charge in [-0.25, -0.2) is 4.79 Å². The fourth-order valence-electron chi connectivity index (χ4n) is 2.64. The first kappa shape index (κ1) is 23.8.